The Morgan fingerprint density at radius 2 is 2.03 bits per heavy atom. The number of hydrogen-bond acceptors (Lipinski definition) is 4. The first-order chi connectivity index (χ1) is 14.7. The van der Waals surface area contributed by atoms with Crippen LogP contribution in [0, 0.1) is 5.41 Å². The summed E-state index contributed by atoms with van der Waals surface area (Å²) in [7, 11) is 3.71. The van der Waals surface area contributed by atoms with Crippen LogP contribution in [-0.2, 0) is 16.0 Å². The zero-order chi connectivity index (χ0) is 20.8. The number of rotatable bonds is 7. The normalized spacial score (nSPS) is 26.7. The molecule has 4 rings (SSSR count). The molecule has 1 aromatic rings. The third kappa shape index (κ3) is 4.98. The number of hydrogen-bond donors (Lipinski definition) is 1. The molecule has 0 amide bonds. The molecule has 30 heavy (non-hydrogen) atoms. The van der Waals surface area contributed by atoms with Crippen LogP contribution in [0.5, 0.6) is 0 Å². The Balaban J connectivity index is 1.36. The molecule has 6 heteroatoms. The molecule has 1 saturated carbocycles. The number of aliphatic imine (C=N–C) groups is 1. The van der Waals surface area contributed by atoms with Gasteiger partial charge in [-0.05, 0) is 30.2 Å². The summed E-state index contributed by atoms with van der Waals surface area (Å²) < 4.78 is 11.6. The van der Waals surface area contributed by atoms with Crippen molar-refractivity contribution in [3.8, 4) is 0 Å². The van der Waals surface area contributed by atoms with Crippen LogP contribution >= 0.6 is 0 Å². The molecule has 1 N–H and O–H groups in total. The lowest BCUT2D eigenvalue weighted by Gasteiger charge is -2.36. The van der Waals surface area contributed by atoms with Gasteiger partial charge in [0.2, 0.25) is 0 Å². The highest BCUT2D eigenvalue weighted by molar-refractivity contribution is 5.80. The van der Waals surface area contributed by atoms with Gasteiger partial charge in [0.25, 0.3) is 0 Å². The number of nitrogens with one attached hydrogen (secondary N) is 1. The first-order valence-electron chi connectivity index (χ1n) is 11.6. The molecule has 166 valence electrons. The van der Waals surface area contributed by atoms with E-state index in [1.54, 1.807) is 0 Å². The van der Waals surface area contributed by atoms with Crippen LogP contribution in [-0.4, -0.2) is 81.5 Å². The Kier molecular flexibility index (Phi) is 7.28. The van der Waals surface area contributed by atoms with E-state index in [1.165, 1.54) is 31.2 Å². The van der Waals surface area contributed by atoms with E-state index in [2.05, 4.69) is 50.4 Å². The van der Waals surface area contributed by atoms with Crippen molar-refractivity contribution in [2.45, 2.75) is 50.8 Å². The summed E-state index contributed by atoms with van der Waals surface area (Å²) in [4.78, 5) is 9.63. The van der Waals surface area contributed by atoms with Crippen LogP contribution in [0.25, 0.3) is 0 Å². The van der Waals surface area contributed by atoms with Crippen LogP contribution in [0.4, 0.5) is 0 Å². The van der Waals surface area contributed by atoms with Crippen LogP contribution in [0.15, 0.2) is 35.3 Å². The topological polar surface area (TPSA) is 49.3 Å². The summed E-state index contributed by atoms with van der Waals surface area (Å²) in [6, 6.07) is 11.2. The van der Waals surface area contributed by atoms with Gasteiger partial charge in [0, 0.05) is 53.5 Å². The average Bonchev–Trinajstić information content (AvgIpc) is 3.42. The number of ether oxygens (including phenoxy) is 2. The molecular formula is C24H38N4O2. The molecule has 0 aromatic heterocycles. The maximum Gasteiger partial charge on any atom is 0.193 e. The fraction of sp³-hybridized carbons (Fsp3) is 0.708. The lowest BCUT2D eigenvalue weighted by Crippen LogP contribution is -2.50. The second-order valence-corrected chi connectivity index (χ2v) is 9.19. The zero-order valence-corrected chi connectivity index (χ0v) is 18.7. The number of fused-ring (bicyclic) bond motifs is 1. The van der Waals surface area contributed by atoms with Crippen molar-refractivity contribution < 1.29 is 9.47 Å². The van der Waals surface area contributed by atoms with Crippen molar-refractivity contribution in [3.63, 3.8) is 0 Å². The molecule has 1 aromatic carbocycles. The highest BCUT2D eigenvalue weighted by Gasteiger charge is 2.41. The van der Waals surface area contributed by atoms with E-state index < -0.39 is 0 Å². The minimum Gasteiger partial charge on any atom is -0.385 e. The summed E-state index contributed by atoms with van der Waals surface area (Å²) in [5.74, 6) is 1.02. The minimum atomic E-state index is 0.259. The molecule has 2 aliphatic heterocycles. The van der Waals surface area contributed by atoms with Crippen LogP contribution in [0.2, 0.25) is 0 Å². The average molecular weight is 415 g/mol. The van der Waals surface area contributed by atoms with Gasteiger partial charge in [0.1, 0.15) is 0 Å². The van der Waals surface area contributed by atoms with E-state index in [4.69, 9.17) is 9.47 Å². The van der Waals surface area contributed by atoms with Gasteiger partial charge in [-0.25, -0.2) is 0 Å². The molecule has 1 aliphatic carbocycles. The molecule has 3 aliphatic rings. The van der Waals surface area contributed by atoms with E-state index in [0.717, 1.165) is 58.3 Å². The fourth-order valence-corrected chi connectivity index (χ4v) is 5.50. The van der Waals surface area contributed by atoms with Crippen molar-refractivity contribution in [3.05, 3.63) is 35.9 Å². The first kappa shape index (κ1) is 21.6. The van der Waals surface area contributed by atoms with Gasteiger partial charge in [-0.3, -0.25) is 9.89 Å². The van der Waals surface area contributed by atoms with Crippen LogP contribution in [0.1, 0.15) is 37.7 Å². The number of methoxy groups -OCH3 is 1. The van der Waals surface area contributed by atoms with Crippen molar-refractivity contribution in [2.75, 3.05) is 53.6 Å². The highest BCUT2D eigenvalue weighted by atomic mass is 16.5. The van der Waals surface area contributed by atoms with E-state index >= 15 is 0 Å². The second-order valence-electron chi connectivity index (χ2n) is 9.19. The summed E-state index contributed by atoms with van der Waals surface area (Å²) >= 11 is 0. The monoisotopic (exact) mass is 414 g/mol. The second kappa shape index (κ2) is 10.1. The molecule has 2 atom stereocenters. The third-order valence-corrected chi connectivity index (χ3v) is 7.28. The van der Waals surface area contributed by atoms with E-state index in [0.29, 0.717) is 11.5 Å². The van der Waals surface area contributed by atoms with Crippen molar-refractivity contribution >= 4 is 5.96 Å². The smallest absolute Gasteiger partial charge is 0.193 e. The lowest BCUT2D eigenvalue weighted by atomic mass is 9.83. The van der Waals surface area contributed by atoms with Crippen molar-refractivity contribution in [2.24, 2.45) is 10.4 Å². The molecule has 3 fully saturated rings. The minimum absolute atomic E-state index is 0.259. The quantitative estimate of drug-likeness (QED) is 0.549. The first-order valence-corrected chi connectivity index (χ1v) is 11.6. The highest BCUT2D eigenvalue weighted by Crippen LogP contribution is 2.40. The number of nitrogens with zero attached hydrogens (tertiary/aromatic N) is 3. The third-order valence-electron chi connectivity index (χ3n) is 7.28. The predicted octanol–water partition coefficient (Wildman–Crippen LogP) is 2.74. The number of benzene rings is 1. The Morgan fingerprint density at radius 3 is 2.77 bits per heavy atom. The predicted molar refractivity (Wildman–Crippen MR) is 121 cm³/mol. The largest absolute Gasteiger partial charge is 0.385 e. The Morgan fingerprint density at radius 1 is 1.23 bits per heavy atom. The molecule has 6 nitrogen and oxygen atoms in total. The van der Waals surface area contributed by atoms with Gasteiger partial charge in [-0.15, -0.1) is 0 Å². The summed E-state index contributed by atoms with van der Waals surface area (Å²) in [6.45, 7) is 6.53. The van der Waals surface area contributed by atoms with Gasteiger partial charge >= 0.3 is 0 Å². The standard InChI is InChI=1S/C24H38N4O2/c1-25-23(26-19-24(12-14-29-2)10-6-7-11-24)28-17-21-22(18-28)30-15-13-27(21)16-20-8-4-3-5-9-20/h3-5,8-9,21-22H,6-7,10-19H2,1-2H3,(H,25,26). The summed E-state index contributed by atoms with van der Waals surface area (Å²) in [5, 5.41) is 3.72. The van der Waals surface area contributed by atoms with Crippen LogP contribution in [0.3, 0.4) is 0 Å². The van der Waals surface area contributed by atoms with Crippen molar-refractivity contribution in [1.29, 1.82) is 0 Å². The van der Waals surface area contributed by atoms with E-state index in [9.17, 15) is 0 Å². The summed E-state index contributed by atoms with van der Waals surface area (Å²) in [5.41, 5.74) is 1.73. The number of guanidine groups is 1. The van der Waals surface area contributed by atoms with Gasteiger partial charge in [0.15, 0.2) is 5.96 Å². The molecule has 0 bridgehead atoms. The van der Waals surface area contributed by atoms with Crippen LogP contribution < -0.4 is 5.32 Å². The van der Waals surface area contributed by atoms with Gasteiger partial charge in [-0.1, -0.05) is 43.2 Å². The number of likely N-dealkylation sites (tertiary alicyclic amines) is 1. The molecule has 0 spiro atoms. The Labute approximate surface area is 181 Å². The summed E-state index contributed by atoms with van der Waals surface area (Å²) in [6.07, 6.45) is 6.64. The number of morpholine rings is 1. The lowest BCUT2D eigenvalue weighted by molar-refractivity contribution is -0.0502. The van der Waals surface area contributed by atoms with E-state index in [1.807, 2.05) is 14.2 Å². The zero-order valence-electron chi connectivity index (χ0n) is 18.7. The molecule has 2 heterocycles. The molecular weight excluding hydrogens is 376 g/mol. The van der Waals surface area contributed by atoms with Crippen molar-refractivity contribution in [1.82, 2.24) is 15.1 Å². The maximum atomic E-state index is 6.16. The van der Waals surface area contributed by atoms with Gasteiger partial charge in [-0.2, -0.15) is 0 Å². The fourth-order valence-electron chi connectivity index (χ4n) is 5.50. The van der Waals surface area contributed by atoms with Gasteiger partial charge < -0.3 is 19.7 Å². The molecule has 2 unspecified atom stereocenters. The SMILES string of the molecule is CN=C(NCC1(CCOC)CCCC1)N1CC2OCCN(Cc3ccccc3)C2C1. The Hall–Kier alpha value is -1.63. The van der Waals surface area contributed by atoms with Gasteiger partial charge in [0.05, 0.1) is 18.8 Å². The maximum absolute atomic E-state index is 6.16. The molecule has 0 radical (unpaired) electrons. The Bertz CT molecular complexity index is 690. The van der Waals surface area contributed by atoms with E-state index in [-0.39, 0.29) is 6.10 Å². The molecule has 2 saturated heterocycles.